The fourth-order valence-corrected chi connectivity index (χ4v) is 5.46. The highest BCUT2D eigenvalue weighted by atomic mass is 32.2. The molecule has 1 aliphatic carbocycles. The minimum atomic E-state index is -0.264. The Hall–Kier alpha value is -1.96. The number of rotatable bonds is 7. The maximum absolute atomic E-state index is 13.9. The minimum Gasteiger partial charge on any atom is -0.379 e. The number of pyridine rings is 1. The molecule has 2 aromatic rings. The van der Waals surface area contributed by atoms with Crippen molar-refractivity contribution in [3.63, 3.8) is 0 Å². The van der Waals surface area contributed by atoms with Gasteiger partial charge in [-0.3, -0.25) is 9.69 Å². The molecule has 30 heavy (non-hydrogen) atoms. The highest BCUT2D eigenvalue weighted by Gasteiger charge is 2.25. The van der Waals surface area contributed by atoms with E-state index < -0.39 is 0 Å². The second-order valence-electron chi connectivity index (χ2n) is 7.81. The predicted molar refractivity (Wildman–Crippen MR) is 116 cm³/mol. The fraction of sp³-hybridized carbons (Fsp3) is 0.478. The van der Waals surface area contributed by atoms with E-state index >= 15 is 0 Å². The van der Waals surface area contributed by atoms with Gasteiger partial charge in [0.15, 0.2) is 0 Å². The molecule has 160 valence electrons. The van der Waals surface area contributed by atoms with Crippen LogP contribution in [0.5, 0.6) is 0 Å². The number of ether oxygens (including phenoxy) is 1. The molecule has 0 radical (unpaired) electrons. The number of hydrogen-bond acceptors (Lipinski definition) is 5. The summed E-state index contributed by atoms with van der Waals surface area (Å²) in [5.41, 5.74) is 1.48. The van der Waals surface area contributed by atoms with E-state index in [9.17, 15) is 9.18 Å². The molecule has 1 aliphatic heterocycles. The van der Waals surface area contributed by atoms with E-state index in [2.05, 4.69) is 15.2 Å². The van der Waals surface area contributed by atoms with Crippen LogP contribution in [0.2, 0.25) is 0 Å². The van der Waals surface area contributed by atoms with Gasteiger partial charge in [-0.15, -0.1) is 11.8 Å². The molecule has 1 aromatic carbocycles. The van der Waals surface area contributed by atoms with E-state index in [4.69, 9.17) is 4.74 Å². The molecule has 2 aliphatic rings. The van der Waals surface area contributed by atoms with Gasteiger partial charge in [-0.25, -0.2) is 9.37 Å². The standard InChI is InChI=1S/C23H28FN3O2S/c24-18-6-3-5-17(15-18)21(27-11-13-29-14-12-27)16-26-22(28)20-9-4-10-25-23(20)30-19-7-1-2-8-19/h3-6,9-10,15,19,21H,1-2,7-8,11-14,16H2,(H,26,28). The van der Waals surface area contributed by atoms with Gasteiger partial charge in [-0.2, -0.15) is 0 Å². The summed E-state index contributed by atoms with van der Waals surface area (Å²) < 4.78 is 19.3. The maximum Gasteiger partial charge on any atom is 0.254 e. The van der Waals surface area contributed by atoms with Gasteiger partial charge >= 0.3 is 0 Å². The number of morpholine rings is 1. The molecular weight excluding hydrogens is 401 g/mol. The van der Waals surface area contributed by atoms with Crippen molar-refractivity contribution in [2.75, 3.05) is 32.8 Å². The number of carbonyl (C=O) groups is 1. The SMILES string of the molecule is O=C(NCC(c1cccc(F)c1)N1CCOCC1)c1cccnc1SC1CCCC1. The van der Waals surface area contributed by atoms with Gasteiger partial charge in [0.25, 0.3) is 5.91 Å². The lowest BCUT2D eigenvalue weighted by Gasteiger charge is -2.35. The van der Waals surface area contributed by atoms with Crippen LogP contribution in [0.1, 0.15) is 47.6 Å². The second-order valence-corrected chi connectivity index (χ2v) is 9.10. The predicted octanol–water partition coefficient (Wildman–Crippen LogP) is 4.06. The van der Waals surface area contributed by atoms with Crippen LogP contribution in [-0.2, 0) is 4.74 Å². The highest BCUT2D eigenvalue weighted by molar-refractivity contribution is 7.99. The zero-order chi connectivity index (χ0) is 20.8. The quantitative estimate of drug-likeness (QED) is 0.719. The topological polar surface area (TPSA) is 54.5 Å². The van der Waals surface area contributed by atoms with Crippen LogP contribution in [0.3, 0.4) is 0 Å². The molecule has 1 atom stereocenters. The van der Waals surface area contributed by atoms with E-state index in [0.717, 1.165) is 23.7 Å². The Morgan fingerprint density at radius 3 is 2.80 bits per heavy atom. The van der Waals surface area contributed by atoms with Crippen LogP contribution in [0, 0.1) is 5.82 Å². The van der Waals surface area contributed by atoms with E-state index in [1.807, 2.05) is 12.1 Å². The number of nitrogens with one attached hydrogen (secondary N) is 1. The maximum atomic E-state index is 13.9. The Morgan fingerprint density at radius 2 is 2.03 bits per heavy atom. The molecule has 2 fully saturated rings. The Labute approximate surface area is 181 Å². The molecule has 1 saturated carbocycles. The molecule has 0 spiro atoms. The van der Waals surface area contributed by atoms with Gasteiger partial charge in [0.2, 0.25) is 0 Å². The number of nitrogens with zero attached hydrogens (tertiary/aromatic N) is 2. The van der Waals surface area contributed by atoms with Crippen LogP contribution in [0.25, 0.3) is 0 Å². The van der Waals surface area contributed by atoms with Gasteiger partial charge in [-0.1, -0.05) is 25.0 Å². The Kier molecular flexibility index (Phi) is 7.36. The first-order valence-electron chi connectivity index (χ1n) is 10.7. The molecular formula is C23H28FN3O2S. The lowest BCUT2D eigenvalue weighted by atomic mass is 10.0. The number of carbonyl (C=O) groups excluding carboxylic acids is 1. The first kappa shape index (κ1) is 21.3. The molecule has 5 nitrogen and oxygen atoms in total. The fourth-order valence-electron chi connectivity index (χ4n) is 4.17. The average molecular weight is 430 g/mol. The molecule has 0 bridgehead atoms. The molecule has 2 heterocycles. The Balaban J connectivity index is 1.47. The molecule has 7 heteroatoms. The smallest absolute Gasteiger partial charge is 0.254 e. The van der Waals surface area contributed by atoms with Crippen LogP contribution < -0.4 is 5.32 Å². The van der Waals surface area contributed by atoms with Crippen LogP contribution >= 0.6 is 11.8 Å². The second kappa shape index (κ2) is 10.4. The van der Waals surface area contributed by atoms with Crippen molar-refractivity contribution in [1.29, 1.82) is 0 Å². The number of benzene rings is 1. The Bertz CT molecular complexity index is 854. The van der Waals surface area contributed by atoms with Crippen molar-refractivity contribution in [2.24, 2.45) is 0 Å². The summed E-state index contributed by atoms with van der Waals surface area (Å²) in [5.74, 6) is -0.391. The van der Waals surface area contributed by atoms with Gasteiger partial charge in [0.05, 0.1) is 24.8 Å². The van der Waals surface area contributed by atoms with Crippen LogP contribution in [0.4, 0.5) is 4.39 Å². The third-order valence-corrected chi connectivity index (χ3v) is 7.13. The molecule has 1 unspecified atom stereocenters. The Morgan fingerprint density at radius 1 is 1.23 bits per heavy atom. The van der Waals surface area contributed by atoms with E-state index in [0.29, 0.717) is 30.6 Å². The summed E-state index contributed by atoms with van der Waals surface area (Å²) in [4.78, 5) is 19.8. The zero-order valence-electron chi connectivity index (χ0n) is 17.1. The van der Waals surface area contributed by atoms with Gasteiger partial charge in [-0.05, 0) is 42.7 Å². The lowest BCUT2D eigenvalue weighted by Crippen LogP contribution is -2.44. The molecule has 1 N–H and O–H groups in total. The molecule has 1 amide bonds. The molecule has 1 aromatic heterocycles. The average Bonchev–Trinajstić information content (AvgIpc) is 3.28. The van der Waals surface area contributed by atoms with E-state index in [1.165, 1.54) is 31.7 Å². The summed E-state index contributed by atoms with van der Waals surface area (Å²) >= 11 is 1.72. The number of hydrogen-bond donors (Lipinski definition) is 1. The summed E-state index contributed by atoms with van der Waals surface area (Å²) in [6.07, 6.45) is 6.61. The number of amides is 1. The zero-order valence-corrected chi connectivity index (χ0v) is 17.9. The number of aromatic nitrogens is 1. The van der Waals surface area contributed by atoms with Crippen LogP contribution in [-0.4, -0.2) is 53.9 Å². The largest absolute Gasteiger partial charge is 0.379 e. The summed E-state index contributed by atoms with van der Waals surface area (Å²) in [6, 6.07) is 10.2. The van der Waals surface area contributed by atoms with Gasteiger partial charge < -0.3 is 10.1 Å². The summed E-state index contributed by atoms with van der Waals surface area (Å²) in [7, 11) is 0. The van der Waals surface area contributed by atoms with E-state index in [1.54, 1.807) is 36.2 Å². The van der Waals surface area contributed by atoms with Crippen molar-refractivity contribution < 1.29 is 13.9 Å². The first-order valence-corrected chi connectivity index (χ1v) is 11.6. The highest BCUT2D eigenvalue weighted by Crippen LogP contribution is 2.35. The minimum absolute atomic E-state index is 0.101. The summed E-state index contributed by atoms with van der Waals surface area (Å²) in [5, 5.41) is 4.43. The number of halogens is 1. The van der Waals surface area contributed by atoms with Gasteiger partial charge in [0, 0.05) is 31.1 Å². The molecule has 1 saturated heterocycles. The van der Waals surface area contributed by atoms with Crippen molar-refractivity contribution in [1.82, 2.24) is 15.2 Å². The lowest BCUT2D eigenvalue weighted by molar-refractivity contribution is 0.0161. The van der Waals surface area contributed by atoms with Crippen molar-refractivity contribution in [2.45, 2.75) is 42.0 Å². The van der Waals surface area contributed by atoms with Crippen molar-refractivity contribution in [3.8, 4) is 0 Å². The third kappa shape index (κ3) is 5.39. The van der Waals surface area contributed by atoms with Crippen molar-refractivity contribution in [3.05, 3.63) is 59.5 Å². The van der Waals surface area contributed by atoms with Crippen LogP contribution in [0.15, 0.2) is 47.6 Å². The summed E-state index contributed by atoms with van der Waals surface area (Å²) in [6.45, 7) is 3.21. The van der Waals surface area contributed by atoms with Gasteiger partial charge in [0.1, 0.15) is 10.8 Å². The normalized spacial score (nSPS) is 19.0. The molecule has 4 rings (SSSR count). The third-order valence-electron chi connectivity index (χ3n) is 5.77. The van der Waals surface area contributed by atoms with Crippen molar-refractivity contribution >= 4 is 17.7 Å². The number of thioether (sulfide) groups is 1. The first-order chi connectivity index (χ1) is 14.7. The monoisotopic (exact) mass is 429 g/mol. The van der Waals surface area contributed by atoms with E-state index in [-0.39, 0.29) is 17.8 Å².